The number of hydrogen-bond donors (Lipinski definition) is 0. The largest absolute Gasteiger partial charge is 0.400 e. The zero-order valence-electron chi connectivity index (χ0n) is 21.7. The second-order valence-electron chi connectivity index (χ2n) is 8.83. The van der Waals surface area contributed by atoms with Crippen LogP contribution in [0.15, 0.2) is 0 Å². The summed E-state index contributed by atoms with van der Waals surface area (Å²) in [6.45, 7) is 21.6. The Bertz CT molecular complexity index is 503. The highest BCUT2D eigenvalue weighted by Crippen LogP contribution is 2.55. The van der Waals surface area contributed by atoms with Crippen molar-refractivity contribution in [3.8, 4) is 0 Å². The molecule has 12 heteroatoms. The topological polar surface area (TPSA) is 72.5 Å². The summed E-state index contributed by atoms with van der Waals surface area (Å²) < 4.78 is 49.5. The molecule has 0 spiro atoms. The van der Waals surface area contributed by atoms with Gasteiger partial charge in [-0.1, -0.05) is 53.9 Å². The Labute approximate surface area is 200 Å². The lowest BCUT2D eigenvalue weighted by Gasteiger charge is -2.46. The van der Waals surface area contributed by atoms with E-state index in [2.05, 4.69) is 53.9 Å². The second-order valence-corrected chi connectivity index (χ2v) is 14.6. The van der Waals surface area contributed by atoms with Crippen molar-refractivity contribution in [3.05, 3.63) is 0 Å². The normalized spacial score (nSPS) is 17.9. The standard InChI is InChI=1S/C19H49O7PSi4/c1-11-21-27(20,22-12-2)14-15(19(5,6)17(25-30-9)26-31-10)13-18(3,4)16(23-28-7)24-29-8/h15-17H,11-14,28-31H2,1-10H3. The van der Waals surface area contributed by atoms with Gasteiger partial charge in [-0.05, 0) is 26.2 Å². The lowest BCUT2D eigenvalue weighted by Crippen LogP contribution is -2.46. The summed E-state index contributed by atoms with van der Waals surface area (Å²) in [7, 11) is -5.85. The van der Waals surface area contributed by atoms with E-state index < -0.39 is 46.6 Å². The molecule has 0 aliphatic heterocycles. The molecular weight excluding hydrogens is 484 g/mol. The van der Waals surface area contributed by atoms with Crippen molar-refractivity contribution < 1.29 is 31.3 Å². The van der Waals surface area contributed by atoms with Crippen molar-refractivity contribution in [1.29, 1.82) is 0 Å². The summed E-state index contributed by atoms with van der Waals surface area (Å²) in [5.41, 5.74) is -0.625. The Morgan fingerprint density at radius 3 is 1.48 bits per heavy atom. The lowest BCUT2D eigenvalue weighted by atomic mass is 9.70. The Kier molecular flexibility index (Phi) is 16.1. The SMILES string of the molecule is CCOP(=O)(CC(CC(C)(C)C(O[SiH2]C)O[SiH2]C)C(C)(C)C(O[SiH2]C)O[SiH2]C)OCC. The van der Waals surface area contributed by atoms with Gasteiger partial charge in [-0.25, -0.2) is 0 Å². The van der Waals surface area contributed by atoms with Gasteiger partial charge in [0.1, 0.15) is 12.6 Å². The summed E-state index contributed by atoms with van der Waals surface area (Å²) in [4.78, 5) is 0. The van der Waals surface area contributed by atoms with Gasteiger partial charge in [0.15, 0.2) is 39.1 Å². The van der Waals surface area contributed by atoms with Crippen LogP contribution in [-0.4, -0.2) is 71.0 Å². The first-order valence-electron chi connectivity index (χ1n) is 11.8. The molecule has 0 saturated carbocycles. The van der Waals surface area contributed by atoms with Crippen LogP contribution in [0.2, 0.25) is 26.2 Å². The van der Waals surface area contributed by atoms with Crippen LogP contribution >= 0.6 is 7.60 Å². The van der Waals surface area contributed by atoms with E-state index in [1.807, 2.05) is 13.8 Å². The van der Waals surface area contributed by atoms with Crippen molar-refractivity contribution in [2.24, 2.45) is 16.7 Å². The van der Waals surface area contributed by atoms with E-state index in [4.69, 9.17) is 26.8 Å². The lowest BCUT2D eigenvalue weighted by molar-refractivity contribution is -0.129. The van der Waals surface area contributed by atoms with Crippen LogP contribution in [0.25, 0.3) is 0 Å². The van der Waals surface area contributed by atoms with Crippen LogP contribution in [0.3, 0.4) is 0 Å². The van der Waals surface area contributed by atoms with E-state index in [9.17, 15) is 4.57 Å². The predicted octanol–water partition coefficient (Wildman–Crippen LogP) is 2.56. The average molecular weight is 533 g/mol. The number of rotatable bonds is 19. The molecule has 0 aromatic heterocycles. The highest BCUT2D eigenvalue weighted by atomic mass is 31.2. The van der Waals surface area contributed by atoms with Crippen LogP contribution in [0.4, 0.5) is 0 Å². The van der Waals surface area contributed by atoms with Gasteiger partial charge in [0.2, 0.25) is 0 Å². The quantitative estimate of drug-likeness (QED) is 0.144. The molecule has 0 aliphatic rings. The molecule has 7 nitrogen and oxygen atoms in total. The Morgan fingerprint density at radius 1 is 0.742 bits per heavy atom. The van der Waals surface area contributed by atoms with E-state index in [1.54, 1.807) is 0 Å². The molecule has 0 aliphatic carbocycles. The van der Waals surface area contributed by atoms with E-state index >= 15 is 0 Å². The molecule has 31 heavy (non-hydrogen) atoms. The monoisotopic (exact) mass is 532 g/mol. The van der Waals surface area contributed by atoms with Gasteiger partial charge < -0.3 is 26.8 Å². The van der Waals surface area contributed by atoms with E-state index in [0.29, 0.717) is 19.4 Å². The summed E-state index contributed by atoms with van der Waals surface area (Å²) in [5, 5.41) is 0. The molecule has 188 valence electrons. The van der Waals surface area contributed by atoms with Gasteiger partial charge in [0.05, 0.1) is 19.4 Å². The third-order valence-electron chi connectivity index (χ3n) is 5.44. The Balaban J connectivity index is 6.13. The molecule has 0 amide bonds. The zero-order valence-corrected chi connectivity index (χ0v) is 28.2. The Hall–Kier alpha value is 0.858. The van der Waals surface area contributed by atoms with Gasteiger partial charge >= 0.3 is 7.60 Å². The fourth-order valence-corrected chi connectivity index (χ4v) is 9.83. The molecule has 1 unspecified atom stereocenters. The predicted molar refractivity (Wildman–Crippen MR) is 141 cm³/mol. The first-order valence-corrected chi connectivity index (χ1v) is 21.5. The minimum absolute atomic E-state index is 0.0238. The minimum Gasteiger partial charge on any atom is -0.400 e. The van der Waals surface area contributed by atoms with Crippen LogP contribution in [0.5, 0.6) is 0 Å². The third kappa shape index (κ3) is 10.8. The molecule has 0 aromatic rings. The molecule has 0 saturated heterocycles. The minimum atomic E-state index is -3.25. The molecule has 0 N–H and O–H groups in total. The van der Waals surface area contributed by atoms with Crippen LogP contribution in [-0.2, 0) is 31.3 Å². The van der Waals surface area contributed by atoms with Gasteiger partial charge in [0.25, 0.3) is 0 Å². The fourth-order valence-electron chi connectivity index (χ4n) is 3.88. The fraction of sp³-hybridized carbons (Fsp3) is 1.00. The maximum absolute atomic E-state index is 13.6. The smallest absolute Gasteiger partial charge is 0.330 e. The van der Waals surface area contributed by atoms with Crippen LogP contribution < -0.4 is 0 Å². The van der Waals surface area contributed by atoms with Crippen molar-refractivity contribution in [3.63, 3.8) is 0 Å². The van der Waals surface area contributed by atoms with Crippen molar-refractivity contribution in [2.75, 3.05) is 19.4 Å². The van der Waals surface area contributed by atoms with Gasteiger partial charge in [-0.15, -0.1) is 0 Å². The van der Waals surface area contributed by atoms with Gasteiger partial charge in [0, 0.05) is 10.8 Å². The summed E-state index contributed by atoms with van der Waals surface area (Å²) in [6.07, 6.45) is 0.529. The summed E-state index contributed by atoms with van der Waals surface area (Å²) >= 11 is 0. The van der Waals surface area contributed by atoms with Crippen molar-refractivity contribution >= 4 is 46.6 Å². The first kappa shape index (κ1) is 31.9. The molecule has 0 aromatic carbocycles. The van der Waals surface area contributed by atoms with E-state index in [-0.39, 0.29) is 29.3 Å². The summed E-state index contributed by atoms with van der Waals surface area (Å²) in [5.74, 6) is -0.0238. The van der Waals surface area contributed by atoms with Crippen molar-refractivity contribution in [1.82, 2.24) is 0 Å². The van der Waals surface area contributed by atoms with Gasteiger partial charge in [-0.3, -0.25) is 4.57 Å². The van der Waals surface area contributed by atoms with Crippen molar-refractivity contribution in [2.45, 2.75) is 86.7 Å². The van der Waals surface area contributed by atoms with Crippen LogP contribution in [0.1, 0.15) is 48.0 Å². The molecule has 0 rings (SSSR count). The Morgan fingerprint density at radius 2 is 1.13 bits per heavy atom. The maximum Gasteiger partial charge on any atom is 0.330 e. The highest BCUT2D eigenvalue weighted by molar-refractivity contribution is 7.53. The molecule has 0 radical (unpaired) electrons. The molecule has 0 fully saturated rings. The maximum atomic E-state index is 13.6. The van der Waals surface area contributed by atoms with Gasteiger partial charge in [-0.2, -0.15) is 0 Å². The zero-order chi connectivity index (χ0) is 24.1. The molecule has 0 bridgehead atoms. The summed E-state index contributed by atoms with van der Waals surface area (Å²) in [6, 6.07) is 0. The van der Waals surface area contributed by atoms with E-state index in [0.717, 1.165) is 6.42 Å². The first-order chi connectivity index (χ1) is 14.5. The third-order valence-corrected chi connectivity index (χ3v) is 10.2. The van der Waals surface area contributed by atoms with Crippen LogP contribution in [0, 0.1) is 16.7 Å². The van der Waals surface area contributed by atoms with E-state index in [1.165, 1.54) is 0 Å². The molecular formula is C19H49O7PSi4. The number of hydrogen-bond acceptors (Lipinski definition) is 7. The molecule has 1 atom stereocenters. The highest BCUT2D eigenvalue weighted by Gasteiger charge is 2.46. The average Bonchev–Trinajstić information content (AvgIpc) is 2.67. The molecule has 0 heterocycles. The second kappa shape index (κ2) is 15.7.